The molecule has 0 unspecified atom stereocenters. The minimum atomic E-state index is -0.00967. The predicted octanol–water partition coefficient (Wildman–Crippen LogP) is 4.19. The van der Waals surface area contributed by atoms with Gasteiger partial charge in [-0.15, -0.1) is 11.8 Å². The van der Waals surface area contributed by atoms with Crippen LogP contribution in [-0.4, -0.2) is 71.6 Å². The molecule has 184 valence electrons. The molecule has 1 aliphatic heterocycles. The summed E-state index contributed by atoms with van der Waals surface area (Å²) < 4.78 is 0. The molecule has 2 heterocycles. The number of pyridine rings is 1. The molecule has 2 fully saturated rings. The van der Waals surface area contributed by atoms with Crippen molar-refractivity contribution < 1.29 is 9.59 Å². The molecule has 1 saturated heterocycles. The molecule has 2 amide bonds. The van der Waals surface area contributed by atoms with E-state index >= 15 is 0 Å². The molecule has 0 N–H and O–H groups in total. The van der Waals surface area contributed by atoms with Crippen molar-refractivity contribution in [2.24, 2.45) is 0 Å². The standard InChI is InChI=1S/C27H33N5O2S/c1-30(22-10-3-2-4-11-22)25(33)20-35-24-13-6-5-12-23(24)27(34)32-16-8-15-31(17-18-32)26-21(19-28)9-7-14-29-26/h5-7,9,12-14,22H,2-4,8,10-11,15-18,20H2,1H3. The Morgan fingerprint density at radius 2 is 1.86 bits per heavy atom. The summed E-state index contributed by atoms with van der Waals surface area (Å²) >= 11 is 1.45. The van der Waals surface area contributed by atoms with Crippen LogP contribution in [0.4, 0.5) is 5.82 Å². The van der Waals surface area contributed by atoms with Crippen molar-refractivity contribution >= 4 is 29.4 Å². The Morgan fingerprint density at radius 3 is 2.66 bits per heavy atom. The van der Waals surface area contributed by atoms with E-state index in [0.717, 1.165) is 30.7 Å². The van der Waals surface area contributed by atoms with Gasteiger partial charge in [0.05, 0.1) is 16.9 Å². The zero-order valence-electron chi connectivity index (χ0n) is 20.4. The Balaban J connectivity index is 1.39. The number of nitriles is 1. The number of carbonyl (C=O) groups excluding carboxylic acids is 2. The van der Waals surface area contributed by atoms with Crippen molar-refractivity contribution in [3.8, 4) is 6.07 Å². The number of nitrogens with zero attached hydrogens (tertiary/aromatic N) is 5. The first-order valence-electron chi connectivity index (χ1n) is 12.5. The lowest BCUT2D eigenvalue weighted by molar-refractivity contribution is -0.129. The zero-order valence-corrected chi connectivity index (χ0v) is 21.2. The number of anilines is 1. The average molecular weight is 492 g/mol. The Kier molecular flexibility index (Phi) is 8.64. The summed E-state index contributed by atoms with van der Waals surface area (Å²) in [5.74, 6) is 1.13. The van der Waals surface area contributed by atoms with Gasteiger partial charge in [-0.2, -0.15) is 5.26 Å². The van der Waals surface area contributed by atoms with E-state index in [1.165, 1.54) is 31.0 Å². The van der Waals surface area contributed by atoms with Gasteiger partial charge in [0.25, 0.3) is 5.91 Å². The van der Waals surface area contributed by atoms with Crippen LogP contribution < -0.4 is 4.90 Å². The quantitative estimate of drug-likeness (QED) is 0.564. The van der Waals surface area contributed by atoms with Crippen LogP contribution in [0.1, 0.15) is 54.4 Å². The van der Waals surface area contributed by atoms with Crippen LogP contribution in [0.15, 0.2) is 47.5 Å². The predicted molar refractivity (Wildman–Crippen MR) is 138 cm³/mol. The first-order chi connectivity index (χ1) is 17.1. The highest BCUT2D eigenvalue weighted by atomic mass is 32.2. The van der Waals surface area contributed by atoms with Crippen LogP contribution in [0.25, 0.3) is 0 Å². The molecule has 2 aromatic rings. The first kappa shape index (κ1) is 25.1. The smallest absolute Gasteiger partial charge is 0.255 e. The molecule has 2 aliphatic rings. The van der Waals surface area contributed by atoms with Crippen LogP contribution in [-0.2, 0) is 4.79 Å². The zero-order chi connectivity index (χ0) is 24.6. The number of carbonyl (C=O) groups is 2. The summed E-state index contributed by atoms with van der Waals surface area (Å²) in [6.45, 7) is 2.57. The van der Waals surface area contributed by atoms with Crippen molar-refractivity contribution in [1.29, 1.82) is 5.26 Å². The van der Waals surface area contributed by atoms with E-state index in [1.807, 2.05) is 41.1 Å². The van der Waals surface area contributed by atoms with Gasteiger partial charge in [0.15, 0.2) is 0 Å². The number of amides is 2. The molecule has 1 aromatic carbocycles. The second kappa shape index (κ2) is 12.1. The van der Waals surface area contributed by atoms with E-state index < -0.39 is 0 Å². The molecular formula is C27H33N5O2S. The van der Waals surface area contributed by atoms with Crippen LogP contribution >= 0.6 is 11.8 Å². The van der Waals surface area contributed by atoms with Gasteiger partial charge in [-0.1, -0.05) is 31.4 Å². The van der Waals surface area contributed by atoms with E-state index in [2.05, 4.69) is 16.0 Å². The highest BCUT2D eigenvalue weighted by Gasteiger charge is 2.25. The van der Waals surface area contributed by atoms with Crippen molar-refractivity contribution in [3.05, 3.63) is 53.7 Å². The van der Waals surface area contributed by atoms with Gasteiger partial charge in [-0.3, -0.25) is 9.59 Å². The number of benzene rings is 1. The molecule has 0 spiro atoms. The first-order valence-corrected chi connectivity index (χ1v) is 13.4. The number of thioether (sulfide) groups is 1. The lowest BCUT2D eigenvalue weighted by Gasteiger charge is -2.31. The van der Waals surface area contributed by atoms with Crippen molar-refractivity contribution in [2.45, 2.75) is 49.5 Å². The van der Waals surface area contributed by atoms with Crippen LogP contribution in [0.2, 0.25) is 0 Å². The van der Waals surface area contributed by atoms with E-state index in [0.29, 0.717) is 48.4 Å². The molecule has 0 bridgehead atoms. The molecule has 35 heavy (non-hydrogen) atoms. The van der Waals surface area contributed by atoms with Crippen molar-refractivity contribution in [3.63, 3.8) is 0 Å². The second-order valence-electron chi connectivity index (χ2n) is 9.20. The maximum Gasteiger partial charge on any atom is 0.255 e. The fourth-order valence-electron chi connectivity index (χ4n) is 4.92. The van der Waals surface area contributed by atoms with Gasteiger partial charge in [0.2, 0.25) is 5.91 Å². The Labute approximate surface area is 212 Å². The van der Waals surface area contributed by atoms with Gasteiger partial charge < -0.3 is 14.7 Å². The number of hydrogen-bond acceptors (Lipinski definition) is 6. The molecule has 1 saturated carbocycles. The fourth-order valence-corrected chi connectivity index (χ4v) is 5.89. The van der Waals surface area contributed by atoms with Crippen molar-refractivity contribution in [2.75, 3.05) is 43.9 Å². The third-order valence-corrected chi connectivity index (χ3v) is 8.03. The average Bonchev–Trinajstić information content (AvgIpc) is 3.18. The molecule has 1 aliphatic carbocycles. The number of aromatic nitrogens is 1. The molecular weight excluding hydrogens is 458 g/mol. The maximum absolute atomic E-state index is 13.5. The summed E-state index contributed by atoms with van der Waals surface area (Å²) in [5, 5.41) is 9.43. The van der Waals surface area contributed by atoms with Crippen molar-refractivity contribution in [1.82, 2.24) is 14.8 Å². The number of rotatable bonds is 6. The van der Waals surface area contributed by atoms with Crippen LogP contribution in [0.3, 0.4) is 0 Å². The Hall–Kier alpha value is -3.05. The molecule has 0 atom stereocenters. The summed E-state index contributed by atoms with van der Waals surface area (Å²) in [5.41, 5.74) is 1.20. The highest BCUT2D eigenvalue weighted by molar-refractivity contribution is 8.00. The summed E-state index contributed by atoms with van der Waals surface area (Å²) in [6, 6.07) is 13.7. The van der Waals surface area contributed by atoms with Gasteiger partial charge in [0, 0.05) is 50.4 Å². The summed E-state index contributed by atoms with van der Waals surface area (Å²) in [6.07, 6.45) is 8.32. The lowest BCUT2D eigenvalue weighted by Crippen LogP contribution is -2.39. The number of hydrogen-bond donors (Lipinski definition) is 0. The minimum absolute atomic E-state index is 0.00967. The summed E-state index contributed by atoms with van der Waals surface area (Å²) in [7, 11) is 1.91. The summed E-state index contributed by atoms with van der Waals surface area (Å²) in [4.78, 5) is 37.5. The maximum atomic E-state index is 13.5. The van der Waals surface area contributed by atoms with Gasteiger partial charge in [-0.25, -0.2) is 4.98 Å². The topological polar surface area (TPSA) is 80.5 Å². The van der Waals surface area contributed by atoms with E-state index in [1.54, 1.807) is 18.3 Å². The third-order valence-electron chi connectivity index (χ3n) is 6.97. The minimum Gasteiger partial charge on any atom is -0.354 e. The molecule has 0 radical (unpaired) electrons. The third kappa shape index (κ3) is 6.15. The van der Waals surface area contributed by atoms with Gasteiger partial charge in [-0.05, 0) is 43.5 Å². The van der Waals surface area contributed by atoms with Gasteiger partial charge in [0.1, 0.15) is 11.9 Å². The van der Waals surface area contributed by atoms with E-state index in [4.69, 9.17) is 0 Å². The fraction of sp³-hybridized carbons (Fsp3) is 0.481. The van der Waals surface area contributed by atoms with Crippen LogP contribution in [0.5, 0.6) is 0 Å². The highest BCUT2D eigenvalue weighted by Crippen LogP contribution is 2.27. The normalized spacial score (nSPS) is 16.9. The van der Waals surface area contributed by atoms with Crippen LogP contribution in [0, 0.1) is 11.3 Å². The molecule has 4 rings (SSSR count). The molecule has 7 nitrogen and oxygen atoms in total. The van der Waals surface area contributed by atoms with E-state index in [9.17, 15) is 14.9 Å². The Bertz CT molecular complexity index is 1080. The second-order valence-corrected chi connectivity index (χ2v) is 10.2. The van der Waals surface area contributed by atoms with E-state index in [-0.39, 0.29) is 11.8 Å². The largest absolute Gasteiger partial charge is 0.354 e. The Morgan fingerprint density at radius 1 is 1.06 bits per heavy atom. The van der Waals surface area contributed by atoms with Gasteiger partial charge >= 0.3 is 0 Å². The molecule has 1 aromatic heterocycles. The lowest BCUT2D eigenvalue weighted by atomic mass is 9.94. The molecule has 8 heteroatoms. The monoisotopic (exact) mass is 491 g/mol. The SMILES string of the molecule is CN(C(=O)CSc1ccccc1C(=O)N1CCCN(c2ncccc2C#N)CC1)C1CCCCC1.